The summed E-state index contributed by atoms with van der Waals surface area (Å²) in [7, 11) is 0. The van der Waals surface area contributed by atoms with Crippen molar-refractivity contribution in [3.8, 4) is 0 Å². The average molecular weight is 394 g/mol. The lowest BCUT2D eigenvalue weighted by Gasteiger charge is -2.36. The number of hydrogen-bond acceptors (Lipinski definition) is 5. The largest absolute Gasteiger partial charge is 0.369 e. The van der Waals surface area contributed by atoms with Gasteiger partial charge in [-0.1, -0.05) is 54.1 Å². The summed E-state index contributed by atoms with van der Waals surface area (Å²) in [5.41, 5.74) is 3.93. The molecule has 0 spiro atoms. The van der Waals surface area contributed by atoms with Crippen LogP contribution in [-0.4, -0.2) is 41.0 Å². The van der Waals surface area contributed by atoms with Crippen LogP contribution in [0.4, 0.5) is 11.5 Å². The van der Waals surface area contributed by atoms with Gasteiger partial charge in [-0.05, 0) is 23.3 Å². The maximum atomic E-state index is 5.92. The van der Waals surface area contributed by atoms with Gasteiger partial charge in [0, 0.05) is 45.0 Å². The zero-order valence-electron chi connectivity index (χ0n) is 15.8. The number of nitrogens with zero attached hydrogens (tertiary/aromatic N) is 4. The van der Waals surface area contributed by atoms with Crippen molar-refractivity contribution in [2.24, 2.45) is 0 Å². The van der Waals surface area contributed by atoms with Gasteiger partial charge in [0.15, 0.2) is 0 Å². The molecular formula is C22H24ClN5. The molecule has 2 aromatic carbocycles. The Morgan fingerprint density at radius 1 is 0.857 bits per heavy atom. The fourth-order valence-corrected chi connectivity index (χ4v) is 3.69. The van der Waals surface area contributed by atoms with Crippen LogP contribution < -0.4 is 10.2 Å². The number of para-hydroxylation sites is 1. The maximum absolute atomic E-state index is 5.92. The standard InChI is InChI=1S/C22H24ClN5/c23-21-15-24-16-22(26-21)25-14-18-6-4-5-7-19(18)17-27-10-12-28(13-11-27)20-8-2-1-3-9-20/h1-9,15-16H,10-14,17H2,(H,25,26). The van der Waals surface area contributed by atoms with Gasteiger partial charge in [-0.15, -0.1) is 0 Å². The third kappa shape index (κ3) is 4.80. The highest BCUT2D eigenvalue weighted by molar-refractivity contribution is 6.29. The predicted molar refractivity (Wildman–Crippen MR) is 115 cm³/mol. The molecule has 0 bridgehead atoms. The van der Waals surface area contributed by atoms with Crippen molar-refractivity contribution in [1.82, 2.24) is 14.9 Å². The number of nitrogens with one attached hydrogen (secondary N) is 1. The topological polar surface area (TPSA) is 44.3 Å². The van der Waals surface area contributed by atoms with Gasteiger partial charge in [0.2, 0.25) is 0 Å². The molecule has 28 heavy (non-hydrogen) atoms. The molecule has 6 heteroatoms. The van der Waals surface area contributed by atoms with E-state index >= 15 is 0 Å². The van der Waals surface area contributed by atoms with Gasteiger partial charge >= 0.3 is 0 Å². The number of anilines is 2. The lowest BCUT2D eigenvalue weighted by molar-refractivity contribution is 0.249. The minimum absolute atomic E-state index is 0.398. The van der Waals surface area contributed by atoms with E-state index in [0.717, 1.165) is 32.7 Å². The van der Waals surface area contributed by atoms with Crippen LogP contribution in [0.2, 0.25) is 5.15 Å². The molecule has 0 amide bonds. The molecule has 4 rings (SSSR count). The van der Waals surface area contributed by atoms with Crippen molar-refractivity contribution < 1.29 is 0 Å². The van der Waals surface area contributed by atoms with Gasteiger partial charge in [0.25, 0.3) is 0 Å². The summed E-state index contributed by atoms with van der Waals surface area (Å²) >= 11 is 5.92. The van der Waals surface area contributed by atoms with Crippen LogP contribution in [0.25, 0.3) is 0 Å². The number of rotatable bonds is 6. The third-order valence-electron chi connectivity index (χ3n) is 5.07. The summed E-state index contributed by atoms with van der Waals surface area (Å²) in [5, 5.41) is 3.72. The Labute approximate surface area is 171 Å². The highest BCUT2D eigenvalue weighted by Gasteiger charge is 2.18. The summed E-state index contributed by atoms with van der Waals surface area (Å²) in [6.07, 6.45) is 3.23. The molecule has 5 nitrogen and oxygen atoms in total. The van der Waals surface area contributed by atoms with Crippen LogP contribution in [0, 0.1) is 0 Å². The lowest BCUT2D eigenvalue weighted by atomic mass is 10.1. The first kappa shape index (κ1) is 18.7. The van der Waals surface area contributed by atoms with Gasteiger partial charge in [-0.25, -0.2) is 4.98 Å². The van der Waals surface area contributed by atoms with Gasteiger partial charge in [0.05, 0.1) is 12.4 Å². The maximum Gasteiger partial charge on any atom is 0.149 e. The van der Waals surface area contributed by atoms with E-state index in [1.54, 1.807) is 6.20 Å². The fraction of sp³-hybridized carbons (Fsp3) is 0.273. The van der Waals surface area contributed by atoms with E-state index in [0.29, 0.717) is 17.5 Å². The number of hydrogen-bond donors (Lipinski definition) is 1. The number of aromatic nitrogens is 2. The van der Waals surface area contributed by atoms with Gasteiger partial charge in [0.1, 0.15) is 11.0 Å². The Balaban J connectivity index is 1.35. The summed E-state index contributed by atoms with van der Waals surface area (Å²) in [6, 6.07) is 19.2. The van der Waals surface area contributed by atoms with Crippen molar-refractivity contribution in [1.29, 1.82) is 0 Å². The van der Waals surface area contributed by atoms with Crippen LogP contribution in [0.15, 0.2) is 67.0 Å². The average Bonchev–Trinajstić information content (AvgIpc) is 2.74. The van der Waals surface area contributed by atoms with E-state index in [9.17, 15) is 0 Å². The highest BCUT2D eigenvalue weighted by Crippen LogP contribution is 2.19. The van der Waals surface area contributed by atoms with E-state index in [4.69, 9.17) is 11.6 Å². The monoisotopic (exact) mass is 393 g/mol. The van der Waals surface area contributed by atoms with Crippen LogP contribution >= 0.6 is 11.6 Å². The van der Waals surface area contributed by atoms with E-state index in [1.807, 2.05) is 0 Å². The minimum atomic E-state index is 0.398. The Kier molecular flexibility index (Phi) is 6.04. The van der Waals surface area contributed by atoms with Crippen LogP contribution in [0.3, 0.4) is 0 Å². The first-order valence-corrected chi connectivity index (χ1v) is 9.96. The molecule has 1 saturated heterocycles. The smallest absolute Gasteiger partial charge is 0.149 e. The third-order valence-corrected chi connectivity index (χ3v) is 5.25. The summed E-state index contributed by atoms with van der Waals surface area (Å²) in [6.45, 7) is 5.91. The molecule has 0 atom stereocenters. The van der Waals surface area contributed by atoms with Crippen molar-refractivity contribution in [3.63, 3.8) is 0 Å². The van der Waals surface area contributed by atoms with Gasteiger partial charge in [-0.2, -0.15) is 0 Å². The quantitative estimate of drug-likeness (QED) is 0.684. The summed E-state index contributed by atoms with van der Waals surface area (Å²) in [4.78, 5) is 13.3. The molecule has 0 radical (unpaired) electrons. The Morgan fingerprint density at radius 2 is 1.57 bits per heavy atom. The van der Waals surface area contributed by atoms with Crippen molar-refractivity contribution >= 4 is 23.1 Å². The Morgan fingerprint density at radius 3 is 2.32 bits per heavy atom. The summed E-state index contributed by atoms with van der Waals surface area (Å²) in [5.74, 6) is 0.693. The lowest BCUT2D eigenvalue weighted by Crippen LogP contribution is -2.46. The first-order chi connectivity index (χ1) is 13.8. The molecule has 0 saturated carbocycles. The van der Waals surface area contributed by atoms with E-state index in [1.165, 1.54) is 23.0 Å². The zero-order valence-corrected chi connectivity index (χ0v) is 16.5. The van der Waals surface area contributed by atoms with Crippen molar-refractivity contribution in [2.75, 3.05) is 36.4 Å². The Bertz CT molecular complexity index is 894. The minimum Gasteiger partial charge on any atom is -0.369 e. The van der Waals surface area contributed by atoms with Crippen LogP contribution in [0.1, 0.15) is 11.1 Å². The second-order valence-electron chi connectivity index (χ2n) is 6.95. The zero-order chi connectivity index (χ0) is 19.2. The first-order valence-electron chi connectivity index (χ1n) is 9.58. The Hall–Kier alpha value is -2.63. The molecule has 144 valence electrons. The molecule has 1 fully saturated rings. The van der Waals surface area contributed by atoms with Crippen molar-refractivity contribution in [2.45, 2.75) is 13.1 Å². The molecule has 1 aliphatic heterocycles. The normalized spacial score (nSPS) is 14.8. The van der Waals surface area contributed by atoms with Gasteiger partial charge < -0.3 is 10.2 Å². The van der Waals surface area contributed by atoms with Crippen molar-refractivity contribution in [3.05, 3.63) is 83.3 Å². The number of halogens is 1. The molecular weight excluding hydrogens is 370 g/mol. The second kappa shape index (κ2) is 9.04. The van der Waals surface area contributed by atoms with Gasteiger partial charge in [-0.3, -0.25) is 9.88 Å². The van der Waals surface area contributed by atoms with Crippen LogP contribution in [-0.2, 0) is 13.1 Å². The van der Waals surface area contributed by atoms with Crippen LogP contribution in [0.5, 0.6) is 0 Å². The molecule has 0 aliphatic carbocycles. The van der Waals surface area contributed by atoms with E-state index in [2.05, 4.69) is 79.7 Å². The molecule has 3 aromatic rings. The second-order valence-corrected chi connectivity index (χ2v) is 7.34. The summed E-state index contributed by atoms with van der Waals surface area (Å²) < 4.78 is 0. The molecule has 1 aliphatic rings. The molecule has 1 aromatic heterocycles. The van der Waals surface area contributed by atoms with E-state index < -0.39 is 0 Å². The van der Waals surface area contributed by atoms with E-state index in [-0.39, 0.29) is 0 Å². The number of benzene rings is 2. The predicted octanol–water partition coefficient (Wildman–Crippen LogP) is 4.06. The highest BCUT2D eigenvalue weighted by atomic mass is 35.5. The molecule has 0 unspecified atom stereocenters. The fourth-order valence-electron chi connectivity index (χ4n) is 3.54. The molecule has 2 heterocycles. The SMILES string of the molecule is Clc1cncc(NCc2ccccc2CN2CCN(c3ccccc3)CC2)n1. The number of piperazine rings is 1. The molecule has 1 N–H and O–H groups in total.